The molecule has 2 rings (SSSR count). The molecule has 2 N–H and O–H groups in total. The first-order chi connectivity index (χ1) is 10.1. The van der Waals surface area contributed by atoms with Gasteiger partial charge in [-0.25, -0.2) is 4.39 Å². The van der Waals surface area contributed by atoms with Gasteiger partial charge in [-0.15, -0.1) is 0 Å². The fourth-order valence-electron chi connectivity index (χ4n) is 2.96. The molecule has 0 aromatic heterocycles. The highest BCUT2D eigenvalue weighted by Crippen LogP contribution is 2.36. The van der Waals surface area contributed by atoms with Gasteiger partial charge in [0.05, 0.1) is 6.04 Å². The fraction of sp³-hybridized carbons (Fsp3) is 0.533. The highest BCUT2D eigenvalue weighted by Gasteiger charge is 2.44. The maximum atomic E-state index is 14.3. The zero-order valence-corrected chi connectivity index (χ0v) is 12.3. The summed E-state index contributed by atoms with van der Waals surface area (Å²) in [5.74, 6) is -1.75. The van der Waals surface area contributed by atoms with Crippen molar-refractivity contribution in [3.05, 3.63) is 35.1 Å². The van der Waals surface area contributed by atoms with Gasteiger partial charge in [-0.1, -0.05) is 18.2 Å². The molecule has 1 fully saturated rings. The predicted octanol–water partition coefficient (Wildman–Crippen LogP) is 2.73. The normalized spacial score (nSPS) is 26.4. The van der Waals surface area contributed by atoms with E-state index in [1.54, 1.807) is 19.1 Å². The van der Waals surface area contributed by atoms with Crippen molar-refractivity contribution in [3.8, 4) is 0 Å². The second-order valence-electron chi connectivity index (χ2n) is 5.75. The summed E-state index contributed by atoms with van der Waals surface area (Å²) in [6.07, 6.45) is -4.38. The molecule has 0 spiro atoms. The van der Waals surface area contributed by atoms with E-state index in [2.05, 4.69) is 0 Å². The summed E-state index contributed by atoms with van der Waals surface area (Å²) in [5, 5.41) is 0. The Bertz CT molecular complexity index is 573. The SMILES string of the molecule is Cc1cccc([C@@H]2C[C@H](N)C(=O)N(CC(F)(F)F)[C@@H]2C)c1F. The minimum atomic E-state index is -4.52. The third-order valence-corrected chi connectivity index (χ3v) is 4.15. The number of carbonyl (C=O) groups excluding carboxylic acids is 1. The van der Waals surface area contributed by atoms with Crippen molar-refractivity contribution in [1.82, 2.24) is 4.90 Å². The number of benzene rings is 1. The van der Waals surface area contributed by atoms with Crippen molar-refractivity contribution in [2.45, 2.75) is 44.4 Å². The third-order valence-electron chi connectivity index (χ3n) is 4.15. The lowest BCUT2D eigenvalue weighted by Crippen LogP contribution is -2.57. The molecule has 1 amide bonds. The number of likely N-dealkylation sites (tertiary alicyclic amines) is 1. The number of amides is 1. The standard InChI is InChI=1S/C15H18F4N2O/c1-8-4-3-5-10(13(8)16)11-6-12(20)14(22)21(9(11)2)7-15(17,18)19/h3-5,9,11-12H,6-7,20H2,1-2H3/t9-,11-,12+/m1/s1. The predicted molar refractivity (Wildman–Crippen MR) is 73.7 cm³/mol. The van der Waals surface area contributed by atoms with Crippen LogP contribution in [0.15, 0.2) is 18.2 Å². The van der Waals surface area contributed by atoms with E-state index in [1.165, 1.54) is 13.0 Å². The minimum Gasteiger partial charge on any atom is -0.329 e. The molecule has 1 aromatic carbocycles. The summed E-state index contributed by atoms with van der Waals surface area (Å²) < 4.78 is 52.3. The van der Waals surface area contributed by atoms with Gasteiger partial charge >= 0.3 is 6.18 Å². The van der Waals surface area contributed by atoms with Gasteiger partial charge in [0.15, 0.2) is 0 Å². The van der Waals surface area contributed by atoms with Crippen LogP contribution < -0.4 is 5.73 Å². The van der Waals surface area contributed by atoms with Crippen LogP contribution in [-0.2, 0) is 4.79 Å². The number of alkyl halides is 3. The van der Waals surface area contributed by atoms with Crippen LogP contribution in [0.25, 0.3) is 0 Å². The van der Waals surface area contributed by atoms with E-state index < -0.39 is 42.4 Å². The van der Waals surface area contributed by atoms with Crippen LogP contribution in [0.1, 0.15) is 30.4 Å². The summed E-state index contributed by atoms with van der Waals surface area (Å²) >= 11 is 0. The summed E-state index contributed by atoms with van der Waals surface area (Å²) in [7, 11) is 0. The smallest absolute Gasteiger partial charge is 0.329 e. The number of halogens is 4. The molecule has 1 aliphatic rings. The first-order valence-corrected chi connectivity index (χ1v) is 6.99. The lowest BCUT2D eigenvalue weighted by atomic mass is 9.81. The molecule has 0 radical (unpaired) electrons. The molecule has 0 saturated carbocycles. The Balaban J connectivity index is 2.37. The van der Waals surface area contributed by atoms with Crippen molar-refractivity contribution in [2.75, 3.05) is 6.54 Å². The van der Waals surface area contributed by atoms with Gasteiger partial charge in [0.2, 0.25) is 5.91 Å². The van der Waals surface area contributed by atoms with Crippen molar-refractivity contribution in [2.24, 2.45) is 5.73 Å². The molecule has 1 saturated heterocycles. The molecular formula is C15H18F4N2O. The lowest BCUT2D eigenvalue weighted by molar-refractivity contribution is -0.170. The first kappa shape index (κ1) is 16.7. The van der Waals surface area contributed by atoms with E-state index in [4.69, 9.17) is 5.73 Å². The summed E-state index contributed by atoms with van der Waals surface area (Å²) in [6, 6.07) is 2.95. The monoisotopic (exact) mass is 318 g/mol. The van der Waals surface area contributed by atoms with Crippen LogP contribution in [0, 0.1) is 12.7 Å². The topological polar surface area (TPSA) is 46.3 Å². The van der Waals surface area contributed by atoms with E-state index in [0.29, 0.717) is 16.0 Å². The maximum Gasteiger partial charge on any atom is 0.406 e. The Labute approximate surface area is 126 Å². The lowest BCUT2D eigenvalue weighted by Gasteiger charge is -2.42. The first-order valence-electron chi connectivity index (χ1n) is 6.99. The van der Waals surface area contributed by atoms with E-state index >= 15 is 0 Å². The molecular weight excluding hydrogens is 300 g/mol. The van der Waals surface area contributed by atoms with Gasteiger partial charge in [-0.05, 0) is 31.4 Å². The average Bonchev–Trinajstić information content (AvgIpc) is 2.41. The molecule has 0 unspecified atom stereocenters. The molecule has 0 aliphatic carbocycles. The Morgan fingerprint density at radius 1 is 1.36 bits per heavy atom. The molecule has 3 nitrogen and oxygen atoms in total. The maximum absolute atomic E-state index is 14.3. The minimum absolute atomic E-state index is 0.134. The second-order valence-corrected chi connectivity index (χ2v) is 5.75. The molecule has 1 aromatic rings. The fourth-order valence-corrected chi connectivity index (χ4v) is 2.96. The molecule has 122 valence electrons. The zero-order valence-electron chi connectivity index (χ0n) is 12.3. The molecule has 7 heteroatoms. The number of rotatable bonds is 2. The third kappa shape index (κ3) is 3.24. The van der Waals surface area contributed by atoms with Crippen LogP contribution in [0.5, 0.6) is 0 Å². The quantitative estimate of drug-likeness (QED) is 0.852. The molecule has 1 aliphatic heterocycles. The number of carbonyl (C=O) groups is 1. The number of hydrogen-bond donors (Lipinski definition) is 1. The highest BCUT2D eigenvalue weighted by atomic mass is 19.4. The van der Waals surface area contributed by atoms with Crippen molar-refractivity contribution in [1.29, 1.82) is 0 Å². The molecule has 0 bridgehead atoms. The van der Waals surface area contributed by atoms with Crippen LogP contribution in [0.3, 0.4) is 0 Å². The van der Waals surface area contributed by atoms with Gasteiger partial charge in [-0.3, -0.25) is 4.79 Å². The highest BCUT2D eigenvalue weighted by molar-refractivity contribution is 5.83. The van der Waals surface area contributed by atoms with E-state index in [-0.39, 0.29) is 6.42 Å². The largest absolute Gasteiger partial charge is 0.406 e. The summed E-state index contributed by atoms with van der Waals surface area (Å²) in [4.78, 5) is 12.7. The van der Waals surface area contributed by atoms with Crippen molar-refractivity contribution in [3.63, 3.8) is 0 Å². The van der Waals surface area contributed by atoms with Crippen molar-refractivity contribution >= 4 is 5.91 Å². The number of aryl methyl sites for hydroxylation is 1. The van der Waals surface area contributed by atoms with Crippen LogP contribution in [-0.4, -0.2) is 35.6 Å². The number of nitrogens with zero attached hydrogens (tertiary/aromatic N) is 1. The molecule has 1 heterocycles. The average molecular weight is 318 g/mol. The zero-order chi connectivity index (χ0) is 16.7. The summed E-state index contributed by atoms with van der Waals surface area (Å²) in [6.45, 7) is 1.72. The van der Waals surface area contributed by atoms with E-state index in [0.717, 1.165) is 0 Å². The van der Waals surface area contributed by atoms with Crippen molar-refractivity contribution < 1.29 is 22.4 Å². The molecule has 3 atom stereocenters. The Morgan fingerprint density at radius 2 is 2.00 bits per heavy atom. The van der Waals surface area contributed by atoms with Gasteiger partial charge in [0.1, 0.15) is 12.4 Å². The number of piperidine rings is 1. The van der Waals surface area contributed by atoms with E-state index in [1.807, 2.05) is 0 Å². The Kier molecular flexibility index (Phi) is 4.47. The van der Waals surface area contributed by atoms with Gasteiger partial charge in [0, 0.05) is 12.0 Å². The molecule has 22 heavy (non-hydrogen) atoms. The van der Waals surface area contributed by atoms with Gasteiger partial charge < -0.3 is 10.6 Å². The van der Waals surface area contributed by atoms with E-state index in [9.17, 15) is 22.4 Å². The Morgan fingerprint density at radius 3 is 2.59 bits per heavy atom. The number of nitrogens with two attached hydrogens (primary N) is 1. The van der Waals surface area contributed by atoms with Gasteiger partial charge in [-0.2, -0.15) is 13.2 Å². The van der Waals surface area contributed by atoms with Crippen LogP contribution in [0.4, 0.5) is 17.6 Å². The second kappa shape index (κ2) is 5.87. The van der Waals surface area contributed by atoms with Crippen LogP contribution >= 0.6 is 0 Å². The number of hydrogen-bond acceptors (Lipinski definition) is 2. The van der Waals surface area contributed by atoms with Crippen LogP contribution in [0.2, 0.25) is 0 Å². The Hall–Kier alpha value is -1.63. The summed E-state index contributed by atoms with van der Waals surface area (Å²) in [5.41, 5.74) is 6.41. The van der Waals surface area contributed by atoms with Gasteiger partial charge in [0.25, 0.3) is 0 Å².